The first-order valence-corrected chi connectivity index (χ1v) is 8.97. The van der Waals surface area contributed by atoms with E-state index in [2.05, 4.69) is 79.4 Å². The molecule has 0 spiro atoms. The average molecular weight is 318 g/mol. The summed E-state index contributed by atoms with van der Waals surface area (Å²) < 4.78 is 0. The van der Waals surface area contributed by atoms with E-state index in [1.165, 1.54) is 21.5 Å². The van der Waals surface area contributed by atoms with Crippen LogP contribution in [0.4, 0.5) is 0 Å². The van der Waals surface area contributed by atoms with Crippen LogP contribution in [0, 0.1) is 0 Å². The molecule has 3 aromatic rings. The topological polar surface area (TPSA) is 15.6 Å². The van der Waals surface area contributed by atoms with Crippen LogP contribution in [0.5, 0.6) is 0 Å². The van der Waals surface area contributed by atoms with E-state index in [0.29, 0.717) is 0 Å². The molecule has 0 heterocycles. The van der Waals surface area contributed by atoms with Gasteiger partial charge in [0.2, 0.25) is 0 Å². The number of rotatable bonds is 6. The number of hydrogen-bond donors (Lipinski definition) is 0. The van der Waals surface area contributed by atoms with Crippen molar-refractivity contribution < 1.29 is 0 Å². The van der Waals surface area contributed by atoms with E-state index in [4.69, 9.17) is 4.99 Å². The van der Waals surface area contributed by atoms with Gasteiger partial charge in [-0.2, -0.15) is 0 Å². The van der Waals surface area contributed by atoms with E-state index in [1.54, 1.807) is 0 Å². The zero-order valence-electron chi connectivity index (χ0n) is 14.7. The molecule has 3 aromatic carbocycles. The lowest BCUT2D eigenvalue weighted by Crippen LogP contribution is -2.24. The quantitative estimate of drug-likeness (QED) is 0.605. The molecule has 2 heteroatoms. The second kappa shape index (κ2) is 8.07. The second-order valence-electron chi connectivity index (χ2n) is 6.12. The van der Waals surface area contributed by atoms with Crippen LogP contribution in [0.15, 0.2) is 65.7 Å². The summed E-state index contributed by atoms with van der Waals surface area (Å²) in [6, 6.07) is 21.5. The first-order valence-electron chi connectivity index (χ1n) is 8.97. The number of benzene rings is 2. The third-order valence-corrected chi connectivity index (χ3v) is 4.67. The van der Waals surface area contributed by atoms with Crippen molar-refractivity contribution in [2.24, 2.45) is 4.99 Å². The van der Waals surface area contributed by atoms with Crippen molar-refractivity contribution >= 4 is 21.5 Å². The Kier molecular flexibility index (Phi) is 5.60. The molecule has 2 nitrogen and oxygen atoms in total. The van der Waals surface area contributed by atoms with Gasteiger partial charge in [-0.05, 0) is 36.8 Å². The van der Waals surface area contributed by atoms with Crippen molar-refractivity contribution in [3.8, 4) is 0 Å². The average Bonchev–Trinajstić information content (AvgIpc) is 2.79. The number of hydrogen-bond acceptors (Lipinski definition) is 2. The fraction of sp³-hybridized carbons (Fsp3) is 0.318. The molecular weight excluding hydrogens is 292 g/mol. The van der Waals surface area contributed by atoms with Crippen molar-refractivity contribution in [2.45, 2.75) is 20.3 Å². The fourth-order valence-corrected chi connectivity index (χ4v) is 3.24. The minimum absolute atomic E-state index is 0.870. The molecule has 0 atom stereocenters. The van der Waals surface area contributed by atoms with E-state index in [0.717, 1.165) is 38.0 Å². The largest absolute Gasteiger partial charge is 0.304 e. The predicted molar refractivity (Wildman–Crippen MR) is 104 cm³/mol. The first-order chi connectivity index (χ1) is 11.8. The van der Waals surface area contributed by atoms with Gasteiger partial charge in [0.05, 0.1) is 5.36 Å². The summed E-state index contributed by atoms with van der Waals surface area (Å²) in [5.41, 5.74) is 0. The molecule has 0 aromatic heterocycles. The van der Waals surface area contributed by atoms with Crippen LogP contribution in [0.3, 0.4) is 0 Å². The molecular formula is C22H26N2. The monoisotopic (exact) mass is 318 g/mol. The maximum atomic E-state index is 5.02. The van der Waals surface area contributed by atoms with E-state index >= 15 is 0 Å². The lowest BCUT2D eigenvalue weighted by atomic mass is 10.1. The van der Waals surface area contributed by atoms with E-state index < -0.39 is 0 Å². The van der Waals surface area contributed by atoms with Gasteiger partial charge in [0, 0.05) is 17.3 Å². The third-order valence-electron chi connectivity index (χ3n) is 4.67. The normalized spacial score (nSPS) is 11.3. The smallest absolute Gasteiger partial charge is 0.0730 e. The van der Waals surface area contributed by atoms with Crippen LogP contribution in [-0.2, 0) is 0 Å². The molecule has 0 radical (unpaired) electrons. The molecule has 0 aliphatic rings. The van der Waals surface area contributed by atoms with Gasteiger partial charge in [0.1, 0.15) is 0 Å². The van der Waals surface area contributed by atoms with Gasteiger partial charge >= 0.3 is 0 Å². The van der Waals surface area contributed by atoms with Crippen molar-refractivity contribution in [1.82, 2.24) is 4.90 Å². The highest BCUT2D eigenvalue weighted by Gasteiger charge is 2.01. The molecule has 24 heavy (non-hydrogen) atoms. The molecule has 0 saturated carbocycles. The molecule has 3 rings (SSSR count). The number of fused-ring (bicyclic) bond motifs is 2. The highest BCUT2D eigenvalue weighted by molar-refractivity contribution is 5.92. The SMILES string of the molecule is CCN(CC)CCCN=c1c2ccccc2ccc2ccccc12. The van der Waals surface area contributed by atoms with Crippen LogP contribution >= 0.6 is 0 Å². The van der Waals surface area contributed by atoms with E-state index in [-0.39, 0.29) is 0 Å². The lowest BCUT2D eigenvalue weighted by Gasteiger charge is -2.16. The van der Waals surface area contributed by atoms with Crippen LogP contribution in [0.1, 0.15) is 20.3 Å². The summed E-state index contributed by atoms with van der Waals surface area (Å²) in [6.07, 6.45) is 1.10. The standard InChI is InChI=1S/C22H26N2/c1-3-24(4-2)17-9-16-23-22-20-12-7-5-10-18(20)14-15-19-11-6-8-13-21(19)22/h5-8,10-15H,3-4,9,16-17H2,1-2H3. The van der Waals surface area contributed by atoms with Gasteiger partial charge in [-0.1, -0.05) is 74.5 Å². The summed E-state index contributed by atoms with van der Waals surface area (Å²) in [4.78, 5) is 7.47. The van der Waals surface area contributed by atoms with Gasteiger partial charge in [-0.15, -0.1) is 0 Å². The highest BCUT2D eigenvalue weighted by Crippen LogP contribution is 2.15. The minimum Gasteiger partial charge on any atom is -0.304 e. The van der Waals surface area contributed by atoms with Gasteiger partial charge < -0.3 is 4.90 Å². The molecule has 0 unspecified atom stereocenters. The van der Waals surface area contributed by atoms with Gasteiger partial charge in [-0.25, -0.2) is 0 Å². The van der Waals surface area contributed by atoms with Crippen LogP contribution < -0.4 is 5.36 Å². The Bertz CT molecular complexity index is 818. The summed E-state index contributed by atoms with van der Waals surface area (Å²) in [6.45, 7) is 8.66. The highest BCUT2D eigenvalue weighted by atomic mass is 15.1. The molecule has 0 bridgehead atoms. The van der Waals surface area contributed by atoms with E-state index in [9.17, 15) is 0 Å². The Morgan fingerprint density at radius 1 is 0.750 bits per heavy atom. The maximum absolute atomic E-state index is 5.02. The van der Waals surface area contributed by atoms with Crippen molar-refractivity contribution in [2.75, 3.05) is 26.2 Å². The molecule has 0 saturated heterocycles. The lowest BCUT2D eigenvalue weighted by molar-refractivity contribution is 0.301. The fourth-order valence-electron chi connectivity index (χ4n) is 3.24. The molecule has 0 N–H and O–H groups in total. The summed E-state index contributed by atoms with van der Waals surface area (Å²) in [7, 11) is 0. The summed E-state index contributed by atoms with van der Waals surface area (Å²) in [5.74, 6) is 0. The second-order valence-corrected chi connectivity index (χ2v) is 6.12. The van der Waals surface area contributed by atoms with Crippen LogP contribution in [-0.4, -0.2) is 31.1 Å². The predicted octanol–water partition coefficient (Wildman–Crippen LogP) is 4.63. The zero-order chi connectivity index (χ0) is 16.8. The number of nitrogens with zero attached hydrogens (tertiary/aromatic N) is 2. The Morgan fingerprint density at radius 3 is 1.83 bits per heavy atom. The third kappa shape index (κ3) is 3.65. The van der Waals surface area contributed by atoms with Gasteiger partial charge in [0.25, 0.3) is 0 Å². The Labute approximate surface area is 144 Å². The molecule has 0 aliphatic carbocycles. The Morgan fingerprint density at radius 2 is 1.29 bits per heavy atom. The minimum atomic E-state index is 0.870. The van der Waals surface area contributed by atoms with Gasteiger partial charge in [0.15, 0.2) is 0 Å². The molecule has 0 amide bonds. The van der Waals surface area contributed by atoms with Gasteiger partial charge in [-0.3, -0.25) is 4.99 Å². The maximum Gasteiger partial charge on any atom is 0.0730 e. The Hall–Kier alpha value is -2.19. The van der Waals surface area contributed by atoms with Crippen molar-refractivity contribution in [3.05, 3.63) is 66.0 Å². The molecule has 0 fully saturated rings. The summed E-state index contributed by atoms with van der Waals surface area (Å²) >= 11 is 0. The van der Waals surface area contributed by atoms with Crippen LogP contribution in [0.25, 0.3) is 21.5 Å². The molecule has 124 valence electrons. The molecule has 0 aliphatic heterocycles. The van der Waals surface area contributed by atoms with E-state index in [1.807, 2.05) is 0 Å². The first kappa shape index (κ1) is 16.7. The van der Waals surface area contributed by atoms with Crippen molar-refractivity contribution in [1.29, 1.82) is 0 Å². The van der Waals surface area contributed by atoms with Crippen molar-refractivity contribution in [3.63, 3.8) is 0 Å². The Balaban J connectivity index is 2.05. The van der Waals surface area contributed by atoms with Crippen LogP contribution in [0.2, 0.25) is 0 Å². The zero-order valence-corrected chi connectivity index (χ0v) is 14.7. The summed E-state index contributed by atoms with van der Waals surface area (Å²) in [5, 5.41) is 6.10.